The van der Waals surface area contributed by atoms with E-state index in [2.05, 4.69) is 27.0 Å². The second kappa shape index (κ2) is 11.8. The van der Waals surface area contributed by atoms with Crippen molar-refractivity contribution in [1.82, 2.24) is 0 Å². The molecule has 47 heavy (non-hydrogen) atoms. The van der Waals surface area contributed by atoms with E-state index in [4.69, 9.17) is 8.92 Å². The number of alkyl halides is 3. The lowest BCUT2D eigenvalue weighted by Gasteiger charge is -2.67. The third-order valence-electron chi connectivity index (χ3n) is 12.8. The van der Waals surface area contributed by atoms with Crippen molar-refractivity contribution in [2.45, 2.75) is 98.4 Å². The van der Waals surface area contributed by atoms with Gasteiger partial charge in [0.15, 0.2) is 5.78 Å². The van der Waals surface area contributed by atoms with E-state index in [0.29, 0.717) is 24.8 Å². The van der Waals surface area contributed by atoms with Gasteiger partial charge in [-0.25, -0.2) is 0 Å². The molecule has 5 aliphatic carbocycles. The smallest absolute Gasteiger partial charge is 0.460 e. The van der Waals surface area contributed by atoms with E-state index in [1.54, 1.807) is 38.2 Å². The van der Waals surface area contributed by atoms with Gasteiger partial charge in [0, 0.05) is 11.8 Å². The number of hydrogen-bond donors (Lipinski definition) is 0. The summed E-state index contributed by atoms with van der Waals surface area (Å²) in [5.74, 6) is -0.101. The first-order valence-corrected chi connectivity index (χ1v) is 18.2. The van der Waals surface area contributed by atoms with Crippen molar-refractivity contribution in [3.05, 3.63) is 59.9 Å². The molecule has 3 fully saturated rings. The Hall–Kier alpha value is -2.62. The number of esters is 1. The molecule has 7 unspecified atom stereocenters. The number of rotatable bonds is 8. The summed E-state index contributed by atoms with van der Waals surface area (Å²) in [5, 5.41) is 0. The molecule has 0 N–H and O–H groups in total. The van der Waals surface area contributed by atoms with Crippen molar-refractivity contribution in [3.8, 4) is 0 Å². The van der Waals surface area contributed by atoms with E-state index < -0.39 is 26.5 Å². The fourth-order valence-corrected chi connectivity index (χ4v) is 11.6. The molecule has 7 atom stereocenters. The molecule has 6 nitrogen and oxygen atoms in total. The minimum atomic E-state index is -5.78. The third kappa shape index (κ3) is 5.48. The van der Waals surface area contributed by atoms with Crippen LogP contribution in [-0.2, 0) is 28.6 Å². The van der Waals surface area contributed by atoms with E-state index in [-0.39, 0.29) is 71.0 Å². The fraction of sp³-hybridized carbons (Fsp3) is 0.676. The number of carbonyl (C=O) groups is 2. The Morgan fingerprint density at radius 1 is 1.06 bits per heavy atom. The zero-order valence-corrected chi connectivity index (χ0v) is 29.3. The van der Waals surface area contributed by atoms with Crippen LogP contribution in [0.2, 0.25) is 0 Å². The van der Waals surface area contributed by atoms with E-state index in [1.807, 2.05) is 13.8 Å². The first-order chi connectivity index (χ1) is 21.7. The van der Waals surface area contributed by atoms with Crippen LogP contribution in [0.3, 0.4) is 0 Å². The Bertz CT molecular complexity index is 1570. The number of ether oxygens (including phenoxy) is 1. The van der Waals surface area contributed by atoms with Crippen LogP contribution in [0.25, 0.3) is 0 Å². The average molecular weight is 679 g/mol. The van der Waals surface area contributed by atoms with Gasteiger partial charge in [0.2, 0.25) is 0 Å². The highest BCUT2D eigenvalue weighted by Crippen LogP contribution is 2.73. The summed E-state index contributed by atoms with van der Waals surface area (Å²) in [6.07, 6.45) is 11.7. The highest BCUT2D eigenvalue weighted by molar-refractivity contribution is 7.87. The number of halogens is 3. The highest BCUT2D eigenvalue weighted by atomic mass is 32.2. The molecule has 5 rings (SSSR count). The van der Waals surface area contributed by atoms with Crippen LogP contribution in [0.4, 0.5) is 13.2 Å². The molecule has 0 saturated heterocycles. The Morgan fingerprint density at radius 3 is 2.36 bits per heavy atom. The zero-order chi connectivity index (χ0) is 35.0. The molecule has 0 aromatic carbocycles. The summed E-state index contributed by atoms with van der Waals surface area (Å²) in [4.78, 5) is 27.7. The maximum atomic E-state index is 14.0. The van der Waals surface area contributed by atoms with Crippen LogP contribution in [0.5, 0.6) is 0 Å². The maximum Gasteiger partial charge on any atom is 0.534 e. The predicted molar refractivity (Wildman–Crippen MR) is 174 cm³/mol. The molecule has 5 aliphatic rings. The van der Waals surface area contributed by atoms with Gasteiger partial charge in [-0.05, 0) is 108 Å². The molecule has 0 amide bonds. The first kappa shape index (κ1) is 35.7. The van der Waals surface area contributed by atoms with Crippen molar-refractivity contribution in [2.75, 3.05) is 6.61 Å². The van der Waals surface area contributed by atoms with Gasteiger partial charge in [-0.3, -0.25) is 9.59 Å². The number of ketones is 1. The molecule has 10 heteroatoms. The van der Waals surface area contributed by atoms with Gasteiger partial charge in [0.25, 0.3) is 0 Å². The van der Waals surface area contributed by atoms with Crippen LogP contribution in [0.1, 0.15) is 92.9 Å². The molecular formula is C37H49F3O6S. The van der Waals surface area contributed by atoms with Gasteiger partial charge in [-0.2, -0.15) is 21.6 Å². The van der Waals surface area contributed by atoms with Crippen molar-refractivity contribution in [3.63, 3.8) is 0 Å². The quantitative estimate of drug-likeness (QED) is 0.110. The Kier molecular flexibility index (Phi) is 8.93. The van der Waals surface area contributed by atoms with E-state index in [0.717, 1.165) is 36.8 Å². The van der Waals surface area contributed by atoms with Crippen LogP contribution in [0.15, 0.2) is 59.9 Å². The monoisotopic (exact) mass is 678 g/mol. The van der Waals surface area contributed by atoms with Crippen molar-refractivity contribution in [2.24, 2.45) is 51.2 Å². The largest absolute Gasteiger partial charge is 0.534 e. The van der Waals surface area contributed by atoms with Gasteiger partial charge in [0.05, 0.1) is 5.41 Å². The minimum absolute atomic E-state index is 0.0291. The van der Waals surface area contributed by atoms with E-state index >= 15 is 0 Å². The number of hydrogen-bond acceptors (Lipinski definition) is 6. The molecule has 0 aromatic rings. The van der Waals surface area contributed by atoms with E-state index in [1.165, 1.54) is 0 Å². The lowest BCUT2D eigenvalue weighted by Crippen LogP contribution is -2.61. The summed E-state index contributed by atoms with van der Waals surface area (Å²) in [6, 6.07) is 0. The molecule has 260 valence electrons. The van der Waals surface area contributed by atoms with Crippen LogP contribution >= 0.6 is 0 Å². The van der Waals surface area contributed by atoms with Gasteiger partial charge < -0.3 is 8.92 Å². The SMILES string of the molecule is C=C/C=C\C(=C)COC(=O)C12CCC3C(CCC4C3(C)CCC3C(C)(C)C(OS(=O)(=O)C(F)(F)F)=CCC34C)C1=C(C(C)C)C(=O)C2. The Labute approximate surface area is 277 Å². The van der Waals surface area contributed by atoms with Gasteiger partial charge in [0.1, 0.15) is 12.4 Å². The Balaban J connectivity index is 1.48. The van der Waals surface area contributed by atoms with Crippen molar-refractivity contribution >= 4 is 21.9 Å². The summed E-state index contributed by atoms with van der Waals surface area (Å²) >= 11 is 0. The van der Waals surface area contributed by atoms with Crippen LogP contribution in [0, 0.1) is 51.2 Å². The van der Waals surface area contributed by atoms with Crippen molar-refractivity contribution in [1.29, 1.82) is 0 Å². The zero-order valence-electron chi connectivity index (χ0n) is 28.5. The summed E-state index contributed by atoms with van der Waals surface area (Å²) in [7, 11) is -5.78. The average Bonchev–Trinajstić information content (AvgIpc) is 3.29. The summed E-state index contributed by atoms with van der Waals surface area (Å²) < 4.78 is 74.5. The predicted octanol–water partition coefficient (Wildman–Crippen LogP) is 8.78. The fourth-order valence-electron chi connectivity index (χ4n) is 11.0. The van der Waals surface area contributed by atoms with Crippen LogP contribution in [-0.4, -0.2) is 32.3 Å². The highest BCUT2D eigenvalue weighted by Gasteiger charge is 2.67. The maximum absolute atomic E-state index is 14.0. The van der Waals surface area contributed by atoms with Crippen molar-refractivity contribution < 1.29 is 40.1 Å². The van der Waals surface area contributed by atoms with Crippen LogP contribution < -0.4 is 0 Å². The number of fused-ring (bicyclic) bond motifs is 7. The number of Topliss-reactive ketones (excluding diaryl/α,β-unsaturated/α-hetero) is 1. The lowest BCUT2D eigenvalue weighted by atomic mass is 9.37. The first-order valence-electron chi connectivity index (χ1n) is 16.8. The second-order valence-corrected chi connectivity index (χ2v) is 17.5. The molecule has 3 saturated carbocycles. The third-order valence-corrected chi connectivity index (χ3v) is 13.8. The molecular weight excluding hydrogens is 629 g/mol. The summed E-state index contributed by atoms with van der Waals surface area (Å²) in [6.45, 7) is 19.8. The standard InChI is InChI=1S/C37H49F3O6S/c1-9-10-11-23(4)21-45-32(42)36-19-14-25-24(31(36)30(22(2)3)26(41)20-36)12-13-28-34(25,7)17-15-27-33(5,6)29(16-18-35(27,28)8)46-47(43,44)37(38,39)40/h9-11,16,22,24-25,27-28H,1,4,12-15,17-21H2,2-3,5-8H3/b11-10-. The second-order valence-electron chi connectivity index (χ2n) is 16.0. The number of carbonyl (C=O) groups excluding carboxylic acids is 2. The molecule has 0 aromatic heterocycles. The van der Waals surface area contributed by atoms with Gasteiger partial charge in [-0.15, -0.1) is 0 Å². The molecule has 0 aliphatic heterocycles. The van der Waals surface area contributed by atoms with E-state index in [9.17, 15) is 31.2 Å². The normalized spacial score (nSPS) is 36.6. The molecule has 0 radical (unpaired) electrons. The Morgan fingerprint density at radius 2 is 1.74 bits per heavy atom. The molecule has 0 spiro atoms. The number of allylic oxidation sites excluding steroid dienone is 5. The van der Waals surface area contributed by atoms with Gasteiger partial charge >= 0.3 is 21.6 Å². The summed E-state index contributed by atoms with van der Waals surface area (Å²) in [5.41, 5.74) is -5.46. The van der Waals surface area contributed by atoms with Gasteiger partial charge in [-0.1, -0.05) is 72.9 Å². The molecule has 0 heterocycles. The molecule has 0 bridgehead atoms. The topological polar surface area (TPSA) is 86.7 Å². The minimum Gasteiger partial charge on any atom is -0.460 e. The lowest BCUT2D eigenvalue weighted by molar-refractivity contribution is -0.172.